The van der Waals surface area contributed by atoms with Crippen molar-refractivity contribution in [3.8, 4) is 0 Å². The van der Waals surface area contributed by atoms with Crippen LogP contribution in [0.25, 0.3) is 0 Å². The first-order chi connectivity index (χ1) is 8.41. The van der Waals surface area contributed by atoms with Gasteiger partial charge in [0.15, 0.2) is 0 Å². The Morgan fingerprint density at radius 1 is 1.61 bits per heavy atom. The average Bonchev–Trinajstić information content (AvgIpc) is 2.70. The van der Waals surface area contributed by atoms with Crippen LogP contribution in [0.15, 0.2) is 0 Å². The van der Waals surface area contributed by atoms with Gasteiger partial charge in [-0.05, 0) is 40.2 Å². The van der Waals surface area contributed by atoms with Gasteiger partial charge in [0.2, 0.25) is 0 Å². The summed E-state index contributed by atoms with van der Waals surface area (Å²) in [5, 5.41) is 12.7. The monoisotopic (exact) mass is 258 g/mol. The number of aliphatic carboxylic acids is 1. The molecule has 5 heteroatoms. The van der Waals surface area contributed by atoms with Crippen LogP contribution in [-0.2, 0) is 9.53 Å². The first kappa shape index (κ1) is 15.4. The molecule has 1 aliphatic carbocycles. The first-order valence-electron chi connectivity index (χ1n) is 6.61. The van der Waals surface area contributed by atoms with Crippen LogP contribution in [0.4, 0.5) is 0 Å². The van der Waals surface area contributed by atoms with Gasteiger partial charge in [0, 0.05) is 25.7 Å². The fourth-order valence-electron chi connectivity index (χ4n) is 2.75. The Morgan fingerprint density at radius 2 is 2.28 bits per heavy atom. The second-order valence-electron chi connectivity index (χ2n) is 5.56. The summed E-state index contributed by atoms with van der Waals surface area (Å²) in [5.41, 5.74) is -0.750. The van der Waals surface area contributed by atoms with Crippen LogP contribution in [0.5, 0.6) is 0 Å². The predicted molar refractivity (Wildman–Crippen MR) is 70.8 cm³/mol. The number of hydrogen-bond donors (Lipinski definition) is 2. The van der Waals surface area contributed by atoms with Crippen LogP contribution < -0.4 is 5.32 Å². The molecule has 1 aliphatic rings. The summed E-state index contributed by atoms with van der Waals surface area (Å²) in [7, 11) is 3.72. The van der Waals surface area contributed by atoms with Crippen LogP contribution in [-0.4, -0.2) is 60.9 Å². The number of carbonyl (C=O) groups is 1. The second-order valence-corrected chi connectivity index (χ2v) is 5.56. The smallest absolute Gasteiger partial charge is 0.323 e. The van der Waals surface area contributed by atoms with Crippen molar-refractivity contribution in [2.24, 2.45) is 0 Å². The van der Waals surface area contributed by atoms with Crippen molar-refractivity contribution < 1.29 is 14.6 Å². The van der Waals surface area contributed by atoms with Crippen LogP contribution >= 0.6 is 0 Å². The number of ether oxygens (including phenoxy) is 1. The second kappa shape index (κ2) is 6.50. The Balaban J connectivity index is 2.62. The molecule has 1 saturated carbocycles. The summed E-state index contributed by atoms with van der Waals surface area (Å²) >= 11 is 0. The molecule has 0 heterocycles. The van der Waals surface area contributed by atoms with Crippen LogP contribution in [0.1, 0.15) is 33.1 Å². The van der Waals surface area contributed by atoms with Gasteiger partial charge in [0.25, 0.3) is 0 Å². The number of methoxy groups -OCH3 is 1. The van der Waals surface area contributed by atoms with Crippen LogP contribution in [0.2, 0.25) is 0 Å². The van der Waals surface area contributed by atoms with E-state index in [2.05, 4.69) is 10.2 Å². The molecule has 1 fully saturated rings. The SMILES string of the molecule is COCCN(C)C1CCC(NC(C)C)(C(=O)O)C1. The summed E-state index contributed by atoms with van der Waals surface area (Å²) in [6.07, 6.45) is 2.29. The summed E-state index contributed by atoms with van der Waals surface area (Å²) in [6, 6.07) is 0.506. The van der Waals surface area contributed by atoms with E-state index in [9.17, 15) is 9.90 Å². The molecule has 0 bridgehead atoms. The first-order valence-corrected chi connectivity index (χ1v) is 6.61. The highest BCUT2D eigenvalue weighted by molar-refractivity contribution is 5.79. The molecule has 2 unspecified atom stereocenters. The lowest BCUT2D eigenvalue weighted by molar-refractivity contribution is -0.145. The third kappa shape index (κ3) is 3.67. The lowest BCUT2D eigenvalue weighted by Gasteiger charge is -2.30. The number of carboxylic acids is 1. The highest BCUT2D eigenvalue weighted by Crippen LogP contribution is 2.33. The zero-order valence-electron chi connectivity index (χ0n) is 11.9. The van der Waals surface area contributed by atoms with Gasteiger partial charge < -0.3 is 14.7 Å². The van der Waals surface area contributed by atoms with E-state index < -0.39 is 11.5 Å². The Bertz CT molecular complexity index is 283. The maximum atomic E-state index is 11.5. The Hall–Kier alpha value is -0.650. The van der Waals surface area contributed by atoms with Crippen molar-refractivity contribution >= 4 is 5.97 Å². The van der Waals surface area contributed by atoms with Gasteiger partial charge in [0.05, 0.1) is 6.61 Å². The molecule has 2 atom stereocenters. The molecular formula is C13H26N2O3. The zero-order chi connectivity index (χ0) is 13.8. The molecule has 0 aromatic rings. The van der Waals surface area contributed by atoms with E-state index in [-0.39, 0.29) is 6.04 Å². The Kier molecular flexibility index (Phi) is 5.56. The molecule has 0 aromatic heterocycles. The molecule has 0 radical (unpaired) electrons. The molecule has 106 valence electrons. The molecule has 0 amide bonds. The molecule has 0 spiro atoms. The van der Waals surface area contributed by atoms with Crippen molar-refractivity contribution in [1.82, 2.24) is 10.2 Å². The number of nitrogens with zero attached hydrogens (tertiary/aromatic N) is 1. The van der Waals surface area contributed by atoms with E-state index in [0.29, 0.717) is 25.5 Å². The lowest BCUT2D eigenvalue weighted by atomic mass is 9.96. The topological polar surface area (TPSA) is 61.8 Å². The highest BCUT2D eigenvalue weighted by Gasteiger charge is 2.46. The number of hydrogen-bond acceptors (Lipinski definition) is 4. The summed E-state index contributed by atoms with van der Waals surface area (Å²) < 4.78 is 5.06. The Morgan fingerprint density at radius 3 is 2.78 bits per heavy atom. The summed E-state index contributed by atoms with van der Waals surface area (Å²) in [4.78, 5) is 13.7. The summed E-state index contributed by atoms with van der Waals surface area (Å²) in [6.45, 7) is 5.52. The van der Waals surface area contributed by atoms with E-state index in [4.69, 9.17) is 4.74 Å². The third-order valence-corrected chi connectivity index (χ3v) is 3.73. The number of rotatable bonds is 7. The molecule has 5 nitrogen and oxygen atoms in total. The lowest BCUT2D eigenvalue weighted by Crippen LogP contribution is -2.53. The van der Waals surface area contributed by atoms with Crippen molar-refractivity contribution in [2.45, 2.75) is 50.7 Å². The van der Waals surface area contributed by atoms with Crippen LogP contribution in [0, 0.1) is 0 Å². The van der Waals surface area contributed by atoms with E-state index in [0.717, 1.165) is 13.0 Å². The van der Waals surface area contributed by atoms with Gasteiger partial charge in [-0.1, -0.05) is 0 Å². The quantitative estimate of drug-likeness (QED) is 0.711. The molecule has 18 heavy (non-hydrogen) atoms. The standard InChI is InChI=1S/C13H26N2O3/c1-10(2)14-13(12(16)17)6-5-11(9-13)15(3)7-8-18-4/h10-11,14H,5-9H2,1-4H3,(H,16,17). The third-order valence-electron chi connectivity index (χ3n) is 3.73. The van der Waals surface area contributed by atoms with E-state index in [1.165, 1.54) is 0 Å². The number of carboxylic acid groups (broad SMARTS) is 1. The normalized spacial score (nSPS) is 28.2. The number of likely N-dealkylation sites (N-methyl/N-ethyl adjacent to an activating group) is 1. The number of nitrogens with one attached hydrogen (secondary N) is 1. The minimum atomic E-state index is -0.750. The molecule has 0 aliphatic heterocycles. The van der Waals surface area contributed by atoms with Crippen molar-refractivity contribution in [3.63, 3.8) is 0 Å². The fraction of sp³-hybridized carbons (Fsp3) is 0.923. The minimum Gasteiger partial charge on any atom is -0.480 e. The molecule has 0 aromatic carbocycles. The predicted octanol–water partition coefficient (Wildman–Crippen LogP) is 0.939. The van der Waals surface area contributed by atoms with Crippen LogP contribution in [0.3, 0.4) is 0 Å². The maximum Gasteiger partial charge on any atom is 0.323 e. The molecule has 0 saturated heterocycles. The molecular weight excluding hydrogens is 232 g/mol. The molecule has 1 rings (SSSR count). The van der Waals surface area contributed by atoms with Crippen molar-refractivity contribution in [2.75, 3.05) is 27.3 Å². The maximum absolute atomic E-state index is 11.5. The minimum absolute atomic E-state index is 0.184. The van der Waals surface area contributed by atoms with Crippen molar-refractivity contribution in [1.29, 1.82) is 0 Å². The van der Waals surface area contributed by atoms with Crippen molar-refractivity contribution in [3.05, 3.63) is 0 Å². The van der Waals surface area contributed by atoms with Gasteiger partial charge in [0.1, 0.15) is 5.54 Å². The summed E-state index contributed by atoms with van der Waals surface area (Å²) in [5.74, 6) is -0.723. The van der Waals surface area contributed by atoms with E-state index in [1.54, 1.807) is 7.11 Å². The van der Waals surface area contributed by atoms with E-state index in [1.807, 2.05) is 20.9 Å². The molecule has 2 N–H and O–H groups in total. The van der Waals surface area contributed by atoms with Gasteiger partial charge >= 0.3 is 5.97 Å². The van der Waals surface area contributed by atoms with Gasteiger partial charge in [-0.2, -0.15) is 0 Å². The van der Waals surface area contributed by atoms with E-state index >= 15 is 0 Å². The fourth-order valence-corrected chi connectivity index (χ4v) is 2.75. The highest BCUT2D eigenvalue weighted by atomic mass is 16.5. The van der Waals surface area contributed by atoms with Gasteiger partial charge in [-0.25, -0.2) is 0 Å². The largest absolute Gasteiger partial charge is 0.480 e. The zero-order valence-corrected chi connectivity index (χ0v) is 11.9. The van der Waals surface area contributed by atoms with Gasteiger partial charge in [-0.15, -0.1) is 0 Å². The van der Waals surface area contributed by atoms with Gasteiger partial charge in [-0.3, -0.25) is 10.1 Å². The average molecular weight is 258 g/mol. The Labute approximate surface area is 109 Å².